The molecule has 8 nitrogen and oxygen atoms in total. The average molecular weight is 492 g/mol. The van der Waals surface area contributed by atoms with Crippen molar-refractivity contribution in [3.63, 3.8) is 0 Å². The largest absolute Gasteiger partial charge is 0.372 e. The first kappa shape index (κ1) is 24.0. The number of fused-ring (bicyclic) bond motifs is 2. The molecular weight excluding hydrogens is 466 g/mol. The van der Waals surface area contributed by atoms with Gasteiger partial charge in [-0.2, -0.15) is 5.10 Å². The normalized spacial score (nSPS) is 11.8. The molecule has 0 aliphatic heterocycles. The lowest BCUT2D eigenvalue weighted by molar-refractivity contribution is 0.0939. The summed E-state index contributed by atoms with van der Waals surface area (Å²) in [5, 5.41) is 8.70. The van der Waals surface area contributed by atoms with Gasteiger partial charge in [0.05, 0.1) is 17.1 Å². The van der Waals surface area contributed by atoms with Gasteiger partial charge < -0.3 is 10.1 Å². The SMILES string of the molecule is COCC#Cc1cccc2cc(C(C)NC(=O)c3c(C)nn4cccnc34)n(-c3ccccc3)c(=O)c12. The molecule has 184 valence electrons. The summed E-state index contributed by atoms with van der Waals surface area (Å²) < 4.78 is 8.26. The van der Waals surface area contributed by atoms with E-state index in [1.807, 2.05) is 61.5 Å². The molecule has 1 unspecified atom stereocenters. The molecular formula is C29H25N5O3. The zero-order valence-corrected chi connectivity index (χ0v) is 20.7. The van der Waals surface area contributed by atoms with Crippen molar-refractivity contribution >= 4 is 22.3 Å². The number of hydrogen-bond acceptors (Lipinski definition) is 5. The smallest absolute Gasteiger partial charge is 0.264 e. The molecule has 0 fully saturated rings. The number of nitrogens with zero attached hydrogens (tertiary/aromatic N) is 4. The lowest BCUT2D eigenvalue weighted by atomic mass is 10.0. The third-order valence-electron chi connectivity index (χ3n) is 6.12. The summed E-state index contributed by atoms with van der Waals surface area (Å²) in [4.78, 5) is 31.7. The maximum atomic E-state index is 14.0. The quantitative estimate of drug-likeness (QED) is 0.378. The third-order valence-corrected chi connectivity index (χ3v) is 6.12. The highest BCUT2D eigenvalue weighted by atomic mass is 16.5. The van der Waals surface area contributed by atoms with Gasteiger partial charge in [-0.3, -0.25) is 14.2 Å². The van der Waals surface area contributed by atoms with E-state index >= 15 is 0 Å². The molecule has 0 spiro atoms. The van der Waals surface area contributed by atoms with Crippen LogP contribution in [-0.4, -0.2) is 38.8 Å². The number of para-hydroxylation sites is 1. The van der Waals surface area contributed by atoms with Crippen LogP contribution in [0.2, 0.25) is 0 Å². The predicted octanol–water partition coefficient (Wildman–Crippen LogP) is 3.83. The van der Waals surface area contributed by atoms with Crippen LogP contribution in [0.1, 0.15) is 40.3 Å². The summed E-state index contributed by atoms with van der Waals surface area (Å²) in [5.41, 5.74) is 3.19. The fourth-order valence-corrected chi connectivity index (χ4v) is 4.46. The second-order valence-corrected chi connectivity index (χ2v) is 8.59. The topological polar surface area (TPSA) is 90.5 Å². The van der Waals surface area contributed by atoms with Crippen molar-refractivity contribution in [2.24, 2.45) is 0 Å². The Labute approximate surface area is 213 Å². The summed E-state index contributed by atoms with van der Waals surface area (Å²) >= 11 is 0. The summed E-state index contributed by atoms with van der Waals surface area (Å²) in [6.45, 7) is 3.90. The van der Waals surface area contributed by atoms with Crippen LogP contribution < -0.4 is 10.9 Å². The summed E-state index contributed by atoms with van der Waals surface area (Å²) in [6, 6.07) is 18.1. The number of aromatic nitrogens is 4. The highest BCUT2D eigenvalue weighted by Gasteiger charge is 2.23. The fourth-order valence-electron chi connectivity index (χ4n) is 4.46. The van der Waals surface area contributed by atoms with Crippen LogP contribution in [0.3, 0.4) is 0 Å². The average Bonchev–Trinajstić information content (AvgIpc) is 3.24. The first-order valence-electron chi connectivity index (χ1n) is 11.8. The number of pyridine rings is 1. The van der Waals surface area contributed by atoms with Gasteiger partial charge in [-0.05, 0) is 49.6 Å². The van der Waals surface area contributed by atoms with E-state index in [0.717, 1.165) is 5.39 Å². The number of benzene rings is 2. The molecule has 37 heavy (non-hydrogen) atoms. The van der Waals surface area contributed by atoms with E-state index in [4.69, 9.17) is 4.74 Å². The molecule has 3 aromatic heterocycles. The highest BCUT2D eigenvalue weighted by Crippen LogP contribution is 2.24. The third kappa shape index (κ3) is 4.48. The van der Waals surface area contributed by atoms with Crippen molar-refractivity contribution in [3.8, 4) is 17.5 Å². The summed E-state index contributed by atoms with van der Waals surface area (Å²) in [7, 11) is 1.58. The molecule has 0 saturated carbocycles. The Balaban J connectivity index is 1.64. The zero-order valence-electron chi connectivity index (χ0n) is 20.7. The Morgan fingerprint density at radius 1 is 1.14 bits per heavy atom. The van der Waals surface area contributed by atoms with Crippen molar-refractivity contribution in [1.29, 1.82) is 0 Å². The minimum Gasteiger partial charge on any atom is -0.372 e. The van der Waals surface area contributed by atoms with Gasteiger partial charge in [-0.15, -0.1) is 0 Å². The fraction of sp³-hybridized carbons (Fsp3) is 0.172. The molecule has 0 aliphatic rings. The van der Waals surface area contributed by atoms with Gasteiger partial charge in [-0.1, -0.05) is 42.2 Å². The van der Waals surface area contributed by atoms with Crippen LogP contribution in [-0.2, 0) is 4.74 Å². The Morgan fingerprint density at radius 2 is 1.95 bits per heavy atom. The zero-order chi connectivity index (χ0) is 25.9. The highest BCUT2D eigenvalue weighted by molar-refractivity contribution is 6.01. The van der Waals surface area contributed by atoms with Gasteiger partial charge in [0.2, 0.25) is 0 Å². The van der Waals surface area contributed by atoms with Gasteiger partial charge in [-0.25, -0.2) is 9.50 Å². The van der Waals surface area contributed by atoms with Crippen molar-refractivity contribution in [2.75, 3.05) is 13.7 Å². The molecule has 2 aromatic carbocycles. The number of amides is 1. The first-order chi connectivity index (χ1) is 18.0. The number of nitrogens with one attached hydrogen (secondary N) is 1. The van der Waals surface area contributed by atoms with E-state index in [9.17, 15) is 9.59 Å². The summed E-state index contributed by atoms with van der Waals surface area (Å²) in [5.74, 6) is 5.68. The van der Waals surface area contributed by atoms with E-state index in [2.05, 4.69) is 27.2 Å². The van der Waals surface area contributed by atoms with Crippen LogP contribution in [0, 0.1) is 18.8 Å². The lowest BCUT2D eigenvalue weighted by Crippen LogP contribution is -2.32. The second-order valence-electron chi connectivity index (χ2n) is 8.59. The second kappa shape index (κ2) is 10.1. The molecule has 0 bridgehead atoms. The molecule has 0 radical (unpaired) electrons. The first-order valence-corrected chi connectivity index (χ1v) is 11.8. The molecule has 8 heteroatoms. The summed E-state index contributed by atoms with van der Waals surface area (Å²) in [6.07, 6.45) is 3.37. The number of ether oxygens (including phenoxy) is 1. The van der Waals surface area contributed by atoms with Gasteiger partial charge in [0.1, 0.15) is 12.2 Å². The van der Waals surface area contributed by atoms with E-state index in [0.29, 0.717) is 39.2 Å². The predicted molar refractivity (Wildman–Crippen MR) is 142 cm³/mol. The standard InChI is InChI=1S/C29H25N5O3/c1-19(31-28(35)25-20(2)32-33-16-9-15-30-27(25)33)24-18-22-11-7-10-21(12-8-17-37-3)26(22)29(36)34(24)23-13-5-4-6-14-23/h4-7,9-11,13-16,18-19H,17H2,1-3H3,(H,31,35). The van der Waals surface area contributed by atoms with E-state index < -0.39 is 6.04 Å². The Morgan fingerprint density at radius 3 is 2.73 bits per heavy atom. The maximum Gasteiger partial charge on any atom is 0.264 e. The van der Waals surface area contributed by atoms with Crippen molar-refractivity contribution in [1.82, 2.24) is 24.5 Å². The Kier molecular flexibility index (Phi) is 6.54. The monoisotopic (exact) mass is 491 g/mol. The molecule has 1 amide bonds. The van der Waals surface area contributed by atoms with Crippen molar-refractivity contribution < 1.29 is 9.53 Å². The van der Waals surface area contributed by atoms with Crippen LogP contribution in [0.25, 0.3) is 22.1 Å². The molecule has 1 N–H and O–H groups in total. The van der Waals surface area contributed by atoms with Crippen LogP contribution in [0.4, 0.5) is 0 Å². The number of carbonyl (C=O) groups is 1. The molecule has 0 aliphatic carbocycles. The van der Waals surface area contributed by atoms with Crippen LogP contribution >= 0.6 is 0 Å². The number of carbonyl (C=O) groups excluding carboxylic acids is 1. The molecule has 3 heterocycles. The van der Waals surface area contributed by atoms with Gasteiger partial charge in [0, 0.05) is 36.4 Å². The van der Waals surface area contributed by atoms with Gasteiger partial charge in [0.25, 0.3) is 11.5 Å². The number of rotatable bonds is 5. The van der Waals surface area contributed by atoms with Crippen LogP contribution in [0.5, 0.6) is 0 Å². The van der Waals surface area contributed by atoms with E-state index in [-0.39, 0.29) is 18.1 Å². The van der Waals surface area contributed by atoms with Gasteiger partial charge in [0.15, 0.2) is 5.65 Å². The molecule has 1 atom stereocenters. The molecule has 5 aromatic rings. The van der Waals surface area contributed by atoms with E-state index in [1.165, 1.54) is 0 Å². The minimum atomic E-state index is -0.508. The molecule has 5 rings (SSSR count). The molecule has 0 saturated heterocycles. The number of methoxy groups -OCH3 is 1. The Bertz CT molecular complexity index is 1740. The lowest BCUT2D eigenvalue weighted by Gasteiger charge is -2.21. The van der Waals surface area contributed by atoms with Crippen LogP contribution in [0.15, 0.2) is 77.9 Å². The minimum absolute atomic E-state index is 0.212. The van der Waals surface area contributed by atoms with E-state index in [1.54, 1.807) is 41.6 Å². The maximum absolute atomic E-state index is 14.0. The number of hydrogen-bond donors (Lipinski definition) is 1. The van der Waals surface area contributed by atoms with Crippen molar-refractivity contribution in [3.05, 3.63) is 106 Å². The van der Waals surface area contributed by atoms with Gasteiger partial charge >= 0.3 is 0 Å². The number of aryl methyl sites for hydroxylation is 1. The van der Waals surface area contributed by atoms with Crippen molar-refractivity contribution in [2.45, 2.75) is 19.9 Å². The Hall–Kier alpha value is -4.74.